The van der Waals surface area contributed by atoms with Crippen LogP contribution in [-0.2, 0) is 6.61 Å². The molecule has 2 rings (SSSR count). The van der Waals surface area contributed by atoms with E-state index in [-0.39, 0.29) is 12.3 Å². The fourth-order valence-corrected chi connectivity index (χ4v) is 1.23. The van der Waals surface area contributed by atoms with Crippen LogP contribution < -0.4 is 5.73 Å². The van der Waals surface area contributed by atoms with Crippen molar-refractivity contribution in [1.82, 2.24) is 14.8 Å². The van der Waals surface area contributed by atoms with E-state index in [0.717, 1.165) is 0 Å². The molecule has 0 aromatic carbocycles. The highest BCUT2D eigenvalue weighted by molar-refractivity contribution is 5.90. The van der Waals surface area contributed by atoms with E-state index in [9.17, 15) is 4.79 Å². The largest absolute Gasteiger partial charge is 0.392 e. The van der Waals surface area contributed by atoms with Crippen molar-refractivity contribution < 1.29 is 9.90 Å². The van der Waals surface area contributed by atoms with Crippen molar-refractivity contribution in [3.05, 3.63) is 41.9 Å². The van der Waals surface area contributed by atoms with Crippen LogP contribution in [-0.4, -0.2) is 25.8 Å². The summed E-state index contributed by atoms with van der Waals surface area (Å²) in [5.41, 5.74) is 5.98. The average molecular weight is 218 g/mol. The third kappa shape index (κ3) is 1.91. The van der Waals surface area contributed by atoms with E-state index in [0.29, 0.717) is 11.4 Å². The number of aromatic nitrogens is 3. The first-order valence-electron chi connectivity index (χ1n) is 4.62. The van der Waals surface area contributed by atoms with Crippen LogP contribution in [0.1, 0.15) is 16.1 Å². The van der Waals surface area contributed by atoms with Crippen LogP contribution >= 0.6 is 0 Å². The molecule has 2 heterocycles. The van der Waals surface area contributed by atoms with Crippen LogP contribution in [0, 0.1) is 0 Å². The Morgan fingerprint density at radius 3 is 2.75 bits per heavy atom. The van der Waals surface area contributed by atoms with Crippen molar-refractivity contribution in [2.75, 3.05) is 0 Å². The van der Waals surface area contributed by atoms with Crippen molar-refractivity contribution in [2.45, 2.75) is 6.61 Å². The first kappa shape index (κ1) is 10.3. The summed E-state index contributed by atoms with van der Waals surface area (Å²) in [7, 11) is 0. The van der Waals surface area contributed by atoms with Crippen LogP contribution in [0.25, 0.3) is 5.82 Å². The maximum absolute atomic E-state index is 10.8. The zero-order valence-corrected chi connectivity index (χ0v) is 8.37. The van der Waals surface area contributed by atoms with E-state index in [1.54, 1.807) is 24.5 Å². The molecular weight excluding hydrogens is 208 g/mol. The third-order valence-electron chi connectivity index (χ3n) is 2.07. The number of pyridine rings is 1. The predicted octanol–water partition coefficient (Wildman–Crippen LogP) is -0.142. The number of hydrogen-bond donors (Lipinski definition) is 2. The van der Waals surface area contributed by atoms with Crippen molar-refractivity contribution in [1.29, 1.82) is 0 Å². The second-order valence-electron chi connectivity index (χ2n) is 3.19. The average Bonchev–Trinajstić information content (AvgIpc) is 2.78. The second-order valence-corrected chi connectivity index (χ2v) is 3.19. The summed E-state index contributed by atoms with van der Waals surface area (Å²) in [6.07, 6.45) is 3.14. The lowest BCUT2D eigenvalue weighted by Gasteiger charge is -2.00. The summed E-state index contributed by atoms with van der Waals surface area (Å²) in [4.78, 5) is 14.9. The van der Waals surface area contributed by atoms with Gasteiger partial charge in [-0.3, -0.25) is 4.79 Å². The Morgan fingerprint density at radius 2 is 2.25 bits per heavy atom. The van der Waals surface area contributed by atoms with Gasteiger partial charge >= 0.3 is 0 Å². The molecule has 0 fully saturated rings. The Morgan fingerprint density at radius 1 is 1.44 bits per heavy atom. The Bertz CT molecular complexity index is 504. The van der Waals surface area contributed by atoms with Gasteiger partial charge in [-0.2, -0.15) is 5.10 Å². The summed E-state index contributed by atoms with van der Waals surface area (Å²) in [5, 5.41) is 12.8. The predicted molar refractivity (Wildman–Crippen MR) is 55.8 cm³/mol. The molecule has 1 amide bonds. The number of carbonyl (C=O) groups is 1. The molecule has 0 saturated carbocycles. The number of aliphatic hydroxyl groups excluding tert-OH is 1. The monoisotopic (exact) mass is 218 g/mol. The minimum Gasteiger partial charge on any atom is -0.392 e. The summed E-state index contributed by atoms with van der Waals surface area (Å²) < 4.78 is 1.45. The molecule has 0 unspecified atom stereocenters. The summed E-state index contributed by atoms with van der Waals surface area (Å²) in [5.74, 6) is -0.0181. The Hall–Kier alpha value is -2.21. The first-order valence-corrected chi connectivity index (χ1v) is 4.62. The molecule has 0 bridgehead atoms. The maximum atomic E-state index is 10.8. The lowest BCUT2D eigenvalue weighted by atomic mass is 10.3. The minimum atomic E-state index is -0.578. The zero-order valence-electron chi connectivity index (χ0n) is 8.37. The van der Waals surface area contributed by atoms with Gasteiger partial charge in [-0.15, -0.1) is 0 Å². The Balaban J connectivity index is 2.31. The normalized spacial score (nSPS) is 10.3. The van der Waals surface area contributed by atoms with Gasteiger partial charge in [0.2, 0.25) is 0 Å². The van der Waals surface area contributed by atoms with Crippen LogP contribution in [0.15, 0.2) is 30.6 Å². The van der Waals surface area contributed by atoms with E-state index in [4.69, 9.17) is 10.8 Å². The lowest BCUT2D eigenvalue weighted by molar-refractivity contribution is 0.0995. The number of hydrogen-bond acceptors (Lipinski definition) is 4. The van der Waals surface area contributed by atoms with Gasteiger partial charge in [-0.25, -0.2) is 9.67 Å². The molecule has 82 valence electrons. The molecule has 3 N–H and O–H groups in total. The van der Waals surface area contributed by atoms with Gasteiger partial charge in [0.05, 0.1) is 6.61 Å². The van der Waals surface area contributed by atoms with Gasteiger partial charge in [-0.1, -0.05) is 6.07 Å². The lowest BCUT2D eigenvalue weighted by Crippen LogP contribution is -2.12. The quantitative estimate of drug-likeness (QED) is 0.749. The fraction of sp³-hybridized carbons (Fsp3) is 0.100. The van der Waals surface area contributed by atoms with Gasteiger partial charge in [0.15, 0.2) is 5.82 Å². The minimum absolute atomic E-state index is 0.0566. The van der Waals surface area contributed by atoms with Crippen molar-refractivity contribution in [2.24, 2.45) is 5.73 Å². The van der Waals surface area contributed by atoms with E-state index < -0.39 is 5.91 Å². The molecule has 2 aromatic heterocycles. The summed E-state index contributed by atoms with van der Waals surface area (Å²) >= 11 is 0. The summed E-state index contributed by atoms with van der Waals surface area (Å²) in [6, 6.07) is 4.95. The van der Waals surface area contributed by atoms with Crippen molar-refractivity contribution >= 4 is 5.91 Å². The third-order valence-corrected chi connectivity index (χ3v) is 2.07. The molecule has 0 aliphatic carbocycles. The highest BCUT2D eigenvalue weighted by Crippen LogP contribution is 2.06. The molecular formula is C10H10N4O2. The van der Waals surface area contributed by atoms with E-state index >= 15 is 0 Å². The van der Waals surface area contributed by atoms with Crippen LogP contribution in [0.2, 0.25) is 0 Å². The summed E-state index contributed by atoms with van der Waals surface area (Å²) in [6.45, 7) is -0.0566. The standard InChI is InChI=1S/C10H10N4O2/c11-10(16)8-3-4-14(13-8)9-2-1-7(6-15)5-12-9/h1-5,15H,6H2,(H2,11,16). The van der Waals surface area contributed by atoms with E-state index in [1.807, 2.05) is 0 Å². The number of nitrogens with two attached hydrogens (primary N) is 1. The van der Waals surface area contributed by atoms with Gasteiger partial charge in [0.1, 0.15) is 5.69 Å². The van der Waals surface area contributed by atoms with Crippen molar-refractivity contribution in [3.8, 4) is 5.82 Å². The molecule has 6 nitrogen and oxygen atoms in total. The topological polar surface area (TPSA) is 94.0 Å². The van der Waals surface area contributed by atoms with Crippen LogP contribution in [0.5, 0.6) is 0 Å². The molecule has 0 aliphatic heterocycles. The molecule has 0 radical (unpaired) electrons. The fourth-order valence-electron chi connectivity index (χ4n) is 1.23. The van der Waals surface area contributed by atoms with E-state index in [2.05, 4.69) is 10.1 Å². The second kappa shape index (κ2) is 4.11. The zero-order chi connectivity index (χ0) is 11.5. The number of rotatable bonds is 3. The first-order chi connectivity index (χ1) is 7.70. The molecule has 16 heavy (non-hydrogen) atoms. The smallest absolute Gasteiger partial charge is 0.269 e. The number of primary amides is 1. The SMILES string of the molecule is NC(=O)c1ccn(-c2ccc(CO)cn2)n1. The number of nitrogens with zero attached hydrogens (tertiary/aromatic N) is 3. The maximum Gasteiger partial charge on any atom is 0.269 e. The van der Waals surface area contributed by atoms with E-state index in [1.165, 1.54) is 10.7 Å². The van der Waals surface area contributed by atoms with Gasteiger partial charge < -0.3 is 10.8 Å². The molecule has 0 saturated heterocycles. The van der Waals surface area contributed by atoms with Gasteiger partial charge in [-0.05, 0) is 17.7 Å². The molecule has 2 aromatic rings. The molecule has 0 spiro atoms. The molecule has 0 atom stereocenters. The Labute approximate surface area is 91.3 Å². The molecule has 0 aliphatic rings. The van der Waals surface area contributed by atoms with Gasteiger partial charge in [0, 0.05) is 12.4 Å². The van der Waals surface area contributed by atoms with Gasteiger partial charge in [0.25, 0.3) is 5.91 Å². The van der Waals surface area contributed by atoms with Crippen LogP contribution in [0.3, 0.4) is 0 Å². The Kier molecular flexibility index (Phi) is 2.65. The van der Waals surface area contributed by atoms with Crippen LogP contribution in [0.4, 0.5) is 0 Å². The number of carbonyl (C=O) groups excluding carboxylic acids is 1. The number of amides is 1. The highest BCUT2D eigenvalue weighted by Gasteiger charge is 2.06. The highest BCUT2D eigenvalue weighted by atomic mass is 16.3. The molecule has 6 heteroatoms. The number of aliphatic hydroxyl groups is 1. The van der Waals surface area contributed by atoms with Crippen molar-refractivity contribution in [3.63, 3.8) is 0 Å².